The van der Waals surface area contributed by atoms with Crippen LogP contribution < -0.4 is 10.6 Å². The van der Waals surface area contributed by atoms with Crippen LogP contribution in [0.25, 0.3) is 10.8 Å². The third-order valence-corrected chi connectivity index (χ3v) is 3.79. The molecular formula is C17H23N3O. The first kappa shape index (κ1) is 15.2. The van der Waals surface area contributed by atoms with Gasteiger partial charge in [-0.05, 0) is 23.9 Å². The van der Waals surface area contributed by atoms with E-state index in [1.54, 1.807) is 0 Å². The zero-order valence-corrected chi connectivity index (χ0v) is 12.7. The molecular weight excluding hydrogens is 262 g/mol. The summed E-state index contributed by atoms with van der Waals surface area (Å²) >= 11 is 0. The lowest BCUT2D eigenvalue weighted by Gasteiger charge is -2.22. The van der Waals surface area contributed by atoms with Crippen LogP contribution in [0.5, 0.6) is 0 Å². The van der Waals surface area contributed by atoms with Crippen LogP contribution in [-0.2, 0) is 0 Å². The number of fused-ring (bicyclic) bond motifs is 1. The van der Waals surface area contributed by atoms with Crippen LogP contribution in [0, 0.1) is 0 Å². The van der Waals surface area contributed by atoms with Gasteiger partial charge in [-0.25, -0.2) is 0 Å². The van der Waals surface area contributed by atoms with Gasteiger partial charge in [0.15, 0.2) is 5.84 Å². The summed E-state index contributed by atoms with van der Waals surface area (Å²) in [4.78, 5) is 2.27. The SMILES string of the molecule is CCCCCN(C)c1ccc(/C(N)=N/O)c2ccccc12. The van der Waals surface area contributed by atoms with Gasteiger partial charge in [0.2, 0.25) is 0 Å². The number of oxime groups is 1. The number of unbranched alkanes of at least 4 members (excludes halogenated alkanes) is 2. The van der Waals surface area contributed by atoms with E-state index in [-0.39, 0.29) is 5.84 Å². The predicted octanol–water partition coefficient (Wildman–Crippen LogP) is 3.56. The molecule has 0 saturated carbocycles. The minimum Gasteiger partial charge on any atom is -0.409 e. The normalized spacial score (nSPS) is 11.8. The first-order chi connectivity index (χ1) is 10.2. The molecule has 2 aromatic carbocycles. The lowest BCUT2D eigenvalue weighted by molar-refractivity contribution is 0.318. The number of benzene rings is 2. The van der Waals surface area contributed by atoms with Gasteiger partial charge in [0.25, 0.3) is 0 Å². The average molecular weight is 285 g/mol. The van der Waals surface area contributed by atoms with Crippen LogP contribution in [-0.4, -0.2) is 24.6 Å². The number of anilines is 1. The van der Waals surface area contributed by atoms with E-state index in [1.165, 1.54) is 24.9 Å². The molecule has 0 bridgehead atoms. The fourth-order valence-corrected chi connectivity index (χ4v) is 2.61. The molecule has 4 heteroatoms. The van der Waals surface area contributed by atoms with E-state index < -0.39 is 0 Å². The molecule has 4 nitrogen and oxygen atoms in total. The van der Waals surface area contributed by atoms with Crippen molar-refractivity contribution < 1.29 is 5.21 Å². The predicted molar refractivity (Wildman–Crippen MR) is 89.3 cm³/mol. The van der Waals surface area contributed by atoms with E-state index in [0.717, 1.165) is 22.9 Å². The van der Waals surface area contributed by atoms with Gasteiger partial charge < -0.3 is 15.8 Å². The quantitative estimate of drug-likeness (QED) is 0.280. The lowest BCUT2D eigenvalue weighted by atomic mass is 10.0. The molecule has 0 atom stereocenters. The van der Waals surface area contributed by atoms with E-state index in [2.05, 4.69) is 30.1 Å². The first-order valence-corrected chi connectivity index (χ1v) is 7.39. The Morgan fingerprint density at radius 3 is 2.52 bits per heavy atom. The Labute approximate surface area is 125 Å². The Kier molecular flexibility index (Phi) is 5.04. The van der Waals surface area contributed by atoms with Crippen molar-refractivity contribution in [3.63, 3.8) is 0 Å². The maximum Gasteiger partial charge on any atom is 0.170 e. The van der Waals surface area contributed by atoms with E-state index in [4.69, 9.17) is 10.9 Å². The monoisotopic (exact) mass is 285 g/mol. The van der Waals surface area contributed by atoms with Gasteiger partial charge in [-0.2, -0.15) is 0 Å². The van der Waals surface area contributed by atoms with Crippen LogP contribution in [0.3, 0.4) is 0 Å². The van der Waals surface area contributed by atoms with Crippen LogP contribution >= 0.6 is 0 Å². The maximum absolute atomic E-state index is 8.92. The first-order valence-electron chi connectivity index (χ1n) is 7.39. The molecule has 0 heterocycles. The summed E-state index contributed by atoms with van der Waals surface area (Å²) in [7, 11) is 2.11. The molecule has 2 aromatic rings. The van der Waals surface area contributed by atoms with Crippen LogP contribution in [0.2, 0.25) is 0 Å². The summed E-state index contributed by atoms with van der Waals surface area (Å²) in [6.07, 6.45) is 3.64. The largest absolute Gasteiger partial charge is 0.409 e. The van der Waals surface area contributed by atoms with E-state index in [1.807, 2.05) is 30.3 Å². The maximum atomic E-state index is 8.92. The van der Waals surface area contributed by atoms with Crippen molar-refractivity contribution >= 4 is 22.3 Å². The molecule has 3 N–H and O–H groups in total. The molecule has 0 fully saturated rings. The molecule has 0 aliphatic heterocycles. The van der Waals surface area contributed by atoms with Gasteiger partial charge >= 0.3 is 0 Å². The van der Waals surface area contributed by atoms with Gasteiger partial charge in [-0.1, -0.05) is 49.2 Å². The molecule has 0 radical (unpaired) electrons. The van der Waals surface area contributed by atoms with Crippen molar-refractivity contribution in [2.75, 3.05) is 18.5 Å². The highest BCUT2D eigenvalue weighted by molar-refractivity contribution is 6.11. The average Bonchev–Trinajstić information content (AvgIpc) is 2.53. The number of rotatable bonds is 6. The highest BCUT2D eigenvalue weighted by Gasteiger charge is 2.11. The van der Waals surface area contributed by atoms with Crippen LogP contribution in [0.1, 0.15) is 31.7 Å². The zero-order chi connectivity index (χ0) is 15.2. The second-order valence-corrected chi connectivity index (χ2v) is 5.29. The van der Waals surface area contributed by atoms with Crippen molar-refractivity contribution in [2.45, 2.75) is 26.2 Å². The molecule has 0 aliphatic carbocycles. The van der Waals surface area contributed by atoms with Gasteiger partial charge in [-0.3, -0.25) is 0 Å². The van der Waals surface area contributed by atoms with Gasteiger partial charge in [0.05, 0.1) is 0 Å². The molecule has 2 rings (SSSR count). The third-order valence-electron chi connectivity index (χ3n) is 3.79. The highest BCUT2D eigenvalue weighted by Crippen LogP contribution is 2.29. The molecule has 0 aliphatic rings. The highest BCUT2D eigenvalue weighted by atomic mass is 16.4. The van der Waals surface area contributed by atoms with Crippen molar-refractivity contribution in [1.82, 2.24) is 0 Å². The molecule has 112 valence electrons. The Morgan fingerprint density at radius 1 is 1.14 bits per heavy atom. The molecule has 0 unspecified atom stereocenters. The van der Waals surface area contributed by atoms with E-state index >= 15 is 0 Å². The fraction of sp³-hybridized carbons (Fsp3) is 0.353. The number of hydrogen-bond donors (Lipinski definition) is 2. The number of nitrogens with two attached hydrogens (primary N) is 1. The molecule has 0 amide bonds. The van der Waals surface area contributed by atoms with Gasteiger partial charge in [0.1, 0.15) is 0 Å². The zero-order valence-electron chi connectivity index (χ0n) is 12.7. The van der Waals surface area contributed by atoms with Crippen LogP contribution in [0.4, 0.5) is 5.69 Å². The Bertz CT molecular complexity index is 637. The van der Waals surface area contributed by atoms with E-state index in [9.17, 15) is 0 Å². The van der Waals surface area contributed by atoms with Crippen molar-refractivity contribution in [2.24, 2.45) is 10.9 Å². The van der Waals surface area contributed by atoms with Gasteiger partial charge in [-0.15, -0.1) is 0 Å². The Hall–Kier alpha value is -2.23. The Morgan fingerprint density at radius 2 is 1.86 bits per heavy atom. The minimum atomic E-state index is 0.145. The smallest absolute Gasteiger partial charge is 0.170 e. The number of amidine groups is 1. The lowest BCUT2D eigenvalue weighted by Crippen LogP contribution is -2.20. The second kappa shape index (κ2) is 6.97. The topological polar surface area (TPSA) is 61.8 Å². The summed E-state index contributed by atoms with van der Waals surface area (Å²) in [6.45, 7) is 3.24. The van der Waals surface area contributed by atoms with Gasteiger partial charge in [0, 0.05) is 30.2 Å². The Balaban J connectivity index is 2.43. The second-order valence-electron chi connectivity index (χ2n) is 5.29. The minimum absolute atomic E-state index is 0.145. The number of hydrogen-bond acceptors (Lipinski definition) is 3. The summed E-state index contributed by atoms with van der Waals surface area (Å²) in [5, 5.41) is 14.2. The van der Waals surface area contributed by atoms with E-state index in [0.29, 0.717) is 0 Å². The summed E-state index contributed by atoms with van der Waals surface area (Å²) in [5.74, 6) is 0.145. The molecule has 0 aromatic heterocycles. The van der Waals surface area contributed by atoms with Crippen molar-refractivity contribution in [3.05, 3.63) is 42.0 Å². The summed E-state index contributed by atoms with van der Waals surface area (Å²) < 4.78 is 0. The third kappa shape index (κ3) is 3.27. The summed E-state index contributed by atoms with van der Waals surface area (Å²) in [6, 6.07) is 12.0. The fourth-order valence-electron chi connectivity index (χ4n) is 2.61. The molecule has 0 spiro atoms. The number of nitrogens with zero attached hydrogens (tertiary/aromatic N) is 2. The van der Waals surface area contributed by atoms with Crippen LogP contribution in [0.15, 0.2) is 41.6 Å². The summed E-state index contributed by atoms with van der Waals surface area (Å²) in [5.41, 5.74) is 7.71. The molecule has 0 saturated heterocycles. The molecule has 21 heavy (non-hydrogen) atoms. The van der Waals surface area contributed by atoms with Crippen molar-refractivity contribution in [1.29, 1.82) is 0 Å². The van der Waals surface area contributed by atoms with Crippen molar-refractivity contribution in [3.8, 4) is 0 Å². The standard InChI is InChI=1S/C17H23N3O/c1-3-4-7-12-20(2)16-11-10-15(17(18)19-21)13-8-5-6-9-14(13)16/h5-6,8-11,21H,3-4,7,12H2,1-2H3,(H2,18,19).